The third kappa shape index (κ3) is 2.66. The third-order valence-electron chi connectivity index (χ3n) is 4.55. The van der Waals surface area contributed by atoms with Gasteiger partial charge in [-0.1, -0.05) is 38.0 Å². The first kappa shape index (κ1) is 17.4. The Morgan fingerprint density at radius 1 is 1.08 bits per heavy atom. The number of aromatic hydroxyl groups is 1. The highest BCUT2D eigenvalue weighted by Gasteiger charge is 2.52. The fourth-order valence-electron chi connectivity index (χ4n) is 3.26. The molecule has 1 amide bonds. The third-order valence-corrected chi connectivity index (χ3v) is 4.55. The van der Waals surface area contributed by atoms with Crippen molar-refractivity contribution < 1.29 is 23.8 Å². The monoisotopic (exact) mass is 347 g/mol. The van der Waals surface area contributed by atoms with Crippen LogP contribution in [0.15, 0.2) is 36.4 Å². The van der Waals surface area contributed by atoms with Gasteiger partial charge >= 0.3 is 0 Å². The second-order valence-electron chi connectivity index (χ2n) is 6.17. The molecule has 0 saturated carbocycles. The average Bonchev–Trinajstić information content (AvgIpc) is 2.81. The van der Waals surface area contributed by atoms with Crippen LogP contribution in [0.1, 0.15) is 37.3 Å². The first-order chi connectivity index (χ1) is 11.9. The van der Waals surface area contributed by atoms with Crippen molar-refractivity contribution in [2.75, 3.05) is 11.4 Å². The summed E-state index contributed by atoms with van der Waals surface area (Å²) in [6.07, 6.45) is 2.63. The number of carbonyl (C=O) groups is 1. The Morgan fingerprint density at radius 2 is 1.76 bits per heavy atom. The zero-order valence-corrected chi connectivity index (χ0v) is 13.8. The Kier molecular flexibility index (Phi) is 4.47. The summed E-state index contributed by atoms with van der Waals surface area (Å²) in [5.74, 6) is -3.83. The lowest BCUT2D eigenvalue weighted by Gasteiger charge is -2.24. The van der Waals surface area contributed by atoms with E-state index in [-0.39, 0.29) is 11.1 Å². The summed E-state index contributed by atoms with van der Waals surface area (Å²) in [7, 11) is 0. The van der Waals surface area contributed by atoms with Crippen molar-refractivity contribution in [1.82, 2.24) is 0 Å². The number of amides is 1. The number of hydrogen-bond acceptors (Lipinski definition) is 3. The molecule has 1 unspecified atom stereocenters. The van der Waals surface area contributed by atoms with Crippen molar-refractivity contribution in [1.29, 1.82) is 0 Å². The van der Waals surface area contributed by atoms with Crippen LogP contribution in [-0.2, 0) is 10.4 Å². The Labute approximate surface area is 144 Å². The molecule has 2 aromatic carbocycles. The smallest absolute Gasteiger partial charge is 0.268 e. The van der Waals surface area contributed by atoms with E-state index in [1.165, 1.54) is 4.90 Å². The summed E-state index contributed by atoms with van der Waals surface area (Å²) in [6, 6.07) is 7.86. The Bertz CT molecular complexity index is 824. The molecule has 0 aromatic heterocycles. The fourth-order valence-corrected chi connectivity index (χ4v) is 3.26. The standard InChI is InChI=1S/C19H19F2NO3/c1-2-3-6-9-22-16-8-5-4-7-12(16)19(25,18(22)24)13-10-14(20)15(21)11-17(13)23/h4-5,7-8,10-11,23,25H,2-3,6,9H2,1H3. The molecule has 0 radical (unpaired) electrons. The van der Waals surface area contributed by atoms with Crippen molar-refractivity contribution in [3.05, 3.63) is 59.2 Å². The van der Waals surface area contributed by atoms with E-state index in [4.69, 9.17) is 0 Å². The van der Waals surface area contributed by atoms with Crippen molar-refractivity contribution in [3.8, 4) is 5.75 Å². The van der Waals surface area contributed by atoms with Gasteiger partial charge in [0.2, 0.25) is 5.60 Å². The van der Waals surface area contributed by atoms with Gasteiger partial charge in [-0.15, -0.1) is 0 Å². The van der Waals surface area contributed by atoms with E-state index in [1.807, 2.05) is 6.92 Å². The second-order valence-corrected chi connectivity index (χ2v) is 6.17. The second kappa shape index (κ2) is 6.44. The van der Waals surface area contributed by atoms with E-state index in [1.54, 1.807) is 24.3 Å². The summed E-state index contributed by atoms with van der Waals surface area (Å²) in [5.41, 5.74) is -1.85. The van der Waals surface area contributed by atoms with Crippen LogP contribution in [0.3, 0.4) is 0 Å². The number of phenolic OH excluding ortho intramolecular Hbond substituents is 1. The van der Waals surface area contributed by atoms with E-state index in [0.717, 1.165) is 19.3 Å². The summed E-state index contributed by atoms with van der Waals surface area (Å²) in [6.45, 7) is 2.44. The van der Waals surface area contributed by atoms with Gasteiger partial charge in [0.1, 0.15) is 5.75 Å². The van der Waals surface area contributed by atoms with Crippen molar-refractivity contribution in [3.63, 3.8) is 0 Å². The highest BCUT2D eigenvalue weighted by Crippen LogP contribution is 2.47. The maximum atomic E-state index is 13.7. The molecule has 132 valence electrons. The molecule has 1 aliphatic heterocycles. The number of benzene rings is 2. The molecule has 0 saturated heterocycles. The molecular formula is C19H19F2NO3. The number of halogens is 2. The van der Waals surface area contributed by atoms with Gasteiger partial charge in [-0.05, 0) is 18.6 Å². The molecule has 1 heterocycles. The minimum atomic E-state index is -2.25. The van der Waals surface area contributed by atoms with Gasteiger partial charge in [-0.2, -0.15) is 0 Å². The van der Waals surface area contributed by atoms with Gasteiger partial charge in [-0.3, -0.25) is 4.79 Å². The number of carbonyl (C=O) groups excluding carboxylic acids is 1. The molecule has 2 N–H and O–H groups in total. The summed E-state index contributed by atoms with van der Waals surface area (Å²) >= 11 is 0. The molecule has 6 heteroatoms. The highest BCUT2D eigenvalue weighted by molar-refractivity contribution is 6.09. The Balaban J connectivity index is 2.13. The number of nitrogens with zero attached hydrogens (tertiary/aromatic N) is 1. The minimum absolute atomic E-state index is 0.248. The SMILES string of the molecule is CCCCCN1C(=O)C(O)(c2cc(F)c(F)cc2O)c2ccccc21. The van der Waals surface area contributed by atoms with Crippen LogP contribution in [-0.4, -0.2) is 22.7 Å². The van der Waals surface area contributed by atoms with Crippen molar-refractivity contribution in [2.45, 2.75) is 31.8 Å². The molecule has 25 heavy (non-hydrogen) atoms. The fraction of sp³-hybridized carbons (Fsp3) is 0.316. The minimum Gasteiger partial charge on any atom is -0.507 e. The van der Waals surface area contributed by atoms with Crippen LogP contribution in [0, 0.1) is 11.6 Å². The number of unbranched alkanes of at least 4 members (excludes halogenated alkanes) is 2. The summed E-state index contributed by atoms with van der Waals surface area (Å²) in [5, 5.41) is 21.2. The topological polar surface area (TPSA) is 60.8 Å². The Hall–Kier alpha value is -2.47. The van der Waals surface area contributed by atoms with Gasteiger partial charge in [0.05, 0.1) is 5.69 Å². The maximum Gasteiger partial charge on any atom is 0.268 e. The number of hydrogen-bond donors (Lipinski definition) is 2. The van der Waals surface area contributed by atoms with Crippen LogP contribution in [0.4, 0.5) is 14.5 Å². The van der Waals surface area contributed by atoms with E-state index in [0.29, 0.717) is 24.4 Å². The molecule has 0 fully saturated rings. The quantitative estimate of drug-likeness (QED) is 0.815. The van der Waals surface area contributed by atoms with E-state index in [9.17, 15) is 23.8 Å². The number of rotatable bonds is 5. The lowest BCUT2D eigenvalue weighted by atomic mass is 9.86. The van der Waals surface area contributed by atoms with Crippen LogP contribution in [0.2, 0.25) is 0 Å². The highest BCUT2D eigenvalue weighted by atomic mass is 19.2. The summed E-state index contributed by atoms with van der Waals surface area (Å²) in [4.78, 5) is 14.4. The predicted octanol–water partition coefficient (Wildman–Crippen LogP) is 3.44. The molecule has 4 nitrogen and oxygen atoms in total. The molecule has 0 bridgehead atoms. The normalized spacial score (nSPS) is 19.4. The zero-order valence-electron chi connectivity index (χ0n) is 13.8. The van der Waals surface area contributed by atoms with Crippen LogP contribution < -0.4 is 4.90 Å². The molecule has 2 aromatic rings. The largest absolute Gasteiger partial charge is 0.507 e. The number of fused-ring (bicyclic) bond motifs is 1. The van der Waals surface area contributed by atoms with Crippen LogP contribution in [0.5, 0.6) is 5.75 Å². The van der Waals surface area contributed by atoms with Crippen LogP contribution >= 0.6 is 0 Å². The molecule has 1 aliphatic rings. The van der Waals surface area contributed by atoms with E-state index < -0.39 is 28.9 Å². The molecular weight excluding hydrogens is 328 g/mol. The number of anilines is 1. The number of phenols is 1. The molecule has 3 rings (SSSR count). The Morgan fingerprint density at radius 3 is 2.48 bits per heavy atom. The van der Waals surface area contributed by atoms with Gasteiger partial charge in [0.15, 0.2) is 11.6 Å². The lowest BCUT2D eigenvalue weighted by Crippen LogP contribution is -2.41. The molecule has 1 atom stereocenters. The first-order valence-corrected chi connectivity index (χ1v) is 8.23. The van der Waals surface area contributed by atoms with Gasteiger partial charge < -0.3 is 15.1 Å². The van der Waals surface area contributed by atoms with Crippen molar-refractivity contribution in [2.24, 2.45) is 0 Å². The van der Waals surface area contributed by atoms with Crippen molar-refractivity contribution >= 4 is 11.6 Å². The zero-order chi connectivity index (χ0) is 18.2. The summed E-state index contributed by atoms with van der Waals surface area (Å²) < 4.78 is 27.0. The average molecular weight is 347 g/mol. The van der Waals surface area contributed by atoms with E-state index >= 15 is 0 Å². The van der Waals surface area contributed by atoms with Gasteiger partial charge in [0, 0.05) is 23.7 Å². The maximum absolute atomic E-state index is 13.7. The number of aliphatic hydroxyl groups is 1. The number of para-hydroxylation sites is 1. The first-order valence-electron chi connectivity index (χ1n) is 8.23. The van der Waals surface area contributed by atoms with Gasteiger partial charge in [0.25, 0.3) is 5.91 Å². The van der Waals surface area contributed by atoms with Gasteiger partial charge in [-0.25, -0.2) is 8.78 Å². The van der Waals surface area contributed by atoms with E-state index in [2.05, 4.69) is 0 Å². The molecule has 0 spiro atoms. The predicted molar refractivity (Wildman–Crippen MR) is 89.3 cm³/mol. The van der Waals surface area contributed by atoms with Crippen LogP contribution in [0.25, 0.3) is 0 Å². The lowest BCUT2D eigenvalue weighted by molar-refractivity contribution is -0.132. The molecule has 0 aliphatic carbocycles.